The molecule has 0 aliphatic carbocycles. The Morgan fingerprint density at radius 3 is 2.16 bits per heavy atom. The zero-order valence-electron chi connectivity index (χ0n) is 33.7. The minimum Gasteiger partial charge on any atom is -0.388 e. The normalized spacial score (nSPS) is 14.8. The molecule has 0 aliphatic rings. The molecule has 4 atom stereocenters. The Hall–Kier alpha value is -3.50. The zero-order chi connectivity index (χ0) is 41.4. The zero-order valence-corrected chi connectivity index (χ0v) is 34.6. The fraction of sp³-hybridized carbons (Fsp3) is 0.659. The Balaban J connectivity index is 1.43. The van der Waals surface area contributed by atoms with Gasteiger partial charge in [0.15, 0.2) is 5.82 Å². The monoisotopic (exact) mass is 816 g/mol. The highest BCUT2D eigenvalue weighted by molar-refractivity contribution is 7.47. The van der Waals surface area contributed by atoms with Crippen molar-refractivity contribution in [1.82, 2.24) is 14.6 Å². The number of benzene rings is 1. The number of methoxy groups -OCH3 is 1. The third kappa shape index (κ3) is 17.5. The second-order valence-corrected chi connectivity index (χ2v) is 16.0. The van der Waals surface area contributed by atoms with Gasteiger partial charge in [-0.25, -0.2) is 18.5 Å². The van der Waals surface area contributed by atoms with Gasteiger partial charge in [0, 0.05) is 25.8 Å². The summed E-state index contributed by atoms with van der Waals surface area (Å²) in [6.45, 7) is 1.28. The molecular weight excluding hydrogens is 754 g/mol. The van der Waals surface area contributed by atoms with Gasteiger partial charge in [-0.3, -0.25) is 9.05 Å². The van der Waals surface area contributed by atoms with Crippen molar-refractivity contribution in [3.8, 4) is 12.1 Å². The van der Waals surface area contributed by atoms with E-state index < -0.39 is 44.7 Å². The maximum absolute atomic E-state index is 14.1. The summed E-state index contributed by atoms with van der Waals surface area (Å²) in [4.78, 5) is 14.5. The van der Waals surface area contributed by atoms with Gasteiger partial charge in [0.1, 0.15) is 42.5 Å². The van der Waals surface area contributed by atoms with E-state index in [-0.39, 0.29) is 31.0 Å². The van der Waals surface area contributed by atoms with Crippen LogP contribution >= 0.6 is 7.82 Å². The molecule has 3 rings (SSSR count). The van der Waals surface area contributed by atoms with E-state index in [1.54, 1.807) is 12.1 Å². The predicted molar refractivity (Wildman–Crippen MR) is 214 cm³/mol. The maximum atomic E-state index is 14.1. The summed E-state index contributed by atoms with van der Waals surface area (Å²) in [5.41, 5.74) is 5.31. The molecule has 3 aromatic rings. The number of hydrogen-bond donors (Lipinski definition) is 3. The van der Waals surface area contributed by atoms with Crippen molar-refractivity contribution in [1.29, 1.82) is 10.5 Å². The van der Waals surface area contributed by atoms with Crippen LogP contribution in [0.25, 0.3) is 5.52 Å². The van der Waals surface area contributed by atoms with Crippen molar-refractivity contribution in [2.45, 2.75) is 140 Å². The summed E-state index contributed by atoms with van der Waals surface area (Å²) in [5, 5.41) is 34.4. The van der Waals surface area contributed by atoms with E-state index in [2.05, 4.69) is 17.0 Å². The summed E-state index contributed by atoms with van der Waals surface area (Å²) in [7, 11) is -3.68. The number of nitrogens with zero attached hydrogens (tertiary/aromatic N) is 5. The Kier molecular flexibility index (Phi) is 22.2. The first-order chi connectivity index (χ1) is 27.6. The Morgan fingerprint density at radius 2 is 1.56 bits per heavy atom. The number of phosphoric ester groups is 1. The molecule has 1 aromatic carbocycles. The van der Waals surface area contributed by atoms with E-state index in [9.17, 15) is 29.5 Å². The second kappa shape index (κ2) is 26.5. The lowest BCUT2D eigenvalue weighted by Crippen LogP contribution is -2.48. The fourth-order valence-electron chi connectivity index (χ4n) is 6.48. The largest absolute Gasteiger partial charge is 0.472 e. The van der Waals surface area contributed by atoms with E-state index in [1.165, 1.54) is 114 Å². The van der Waals surface area contributed by atoms with Crippen molar-refractivity contribution >= 4 is 19.2 Å². The third-order valence-corrected chi connectivity index (χ3v) is 10.9. The molecule has 0 fully saturated rings. The molecule has 0 aliphatic heterocycles. The molecule has 0 bridgehead atoms. The lowest BCUT2D eigenvalue weighted by molar-refractivity contribution is -0.0928. The first-order valence-corrected chi connectivity index (χ1v) is 21.8. The van der Waals surface area contributed by atoms with E-state index in [4.69, 9.17) is 29.0 Å². The smallest absolute Gasteiger partial charge is 0.388 e. The number of nitrogens with two attached hydrogens (primary N) is 1. The number of ether oxygens (including phenoxy) is 3. The van der Waals surface area contributed by atoms with Gasteiger partial charge in [0.05, 0.1) is 31.5 Å². The quantitative estimate of drug-likeness (QED) is 0.0402. The molecule has 0 amide bonds. The highest BCUT2D eigenvalue weighted by Gasteiger charge is 2.42. The number of anilines is 1. The summed E-state index contributed by atoms with van der Waals surface area (Å²) in [6.07, 6.45) is 18.8. The van der Waals surface area contributed by atoms with Gasteiger partial charge >= 0.3 is 7.82 Å². The number of rotatable bonds is 32. The summed E-state index contributed by atoms with van der Waals surface area (Å²) in [5.74, 6) is -0.376. The predicted octanol–water partition coefficient (Wildman–Crippen LogP) is 8.13. The van der Waals surface area contributed by atoms with Crippen LogP contribution in [-0.4, -0.2) is 75.9 Å². The van der Waals surface area contributed by atoms with Crippen LogP contribution in [0.5, 0.6) is 0 Å². The number of aromatic nitrogens is 3. The average molecular weight is 817 g/mol. The van der Waals surface area contributed by atoms with Crippen LogP contribution in [0, 0.1) is 28.5 Å². The topological polar surface area (TPSA) is 207 Å². The molecule has 4 N–H and O–H groups in total. The number of aliphatic hydroxyl groups excluding tert-OH is 1. The Morgan fingerprint density at radius 1 is 0.930 bits per heavy atom. The van der Waals surface area contributed by atoms with E-state index >= 15 is 0 Å². The minimum absolute atomic E-state index is 0.00256. The van der Waals surface area contributed by atoms with Crippen molar-refractivity contribution < 1.29 is 42.2 Å². The molecule has 16 heteroatoms. The van der Waals surface area contributed by atoms with Crippen LogP contribution in [-0.2, 0) is 40.9 Å². The summed E-state index contributed by atoms with van der Waals surface area (Å²) < 4.78 is 56.0. The van der Waals surface area contributed by atoms with Crippen LogP contribution in [0.3, 0.4) is 0 Å². The maximum Gasteiger partial charge on any atom is 0.472 e. The Bertz CT molecular complexity index is 1740. The SMILES string of the molecule is CCCCCCCCCCCCCCCCCCOC[C@@H](COP(=O)(O)OCC(C#N)(OC)[C@@H](O)Cc1ccc2c(N)ncnn12)OCc1cc(F)cc(C#N)c1. The second-order valence-electron chi connectivity index (χ2n) is 14.5. The van der Waals surface area contributed by atoms with Gasteiger partial charge in [-0.05, 0) is 42.3 Å². The molecule has 0 radical (unpaired) electrons. The van der Waals surface area contributed by atoms with Crippen LogP contribution in [0.4, 0.5) is 10.2 Å². The number of aliphatic hydroxyl groups is 1. The van der Waals surface area contributed by atoms with E-state index in [0.717, 1.165) is 25.3 Å². The lowest BCUT2D eigenvalue weighted by atomic mass is 9.95. The molecule has 14 nitrogen and oxygen atoms in total. The van der Waals surface area contributed by atoms with Crippen molar-refractivity contribution in [2.75, 3.05) is 39.3 Å². The molecule has 2 aromatic heterocycles. The molecular formula is C41H62FN6O8P. The number of nitriles is 2. The lowest BCUT2D eigenvalue weighted by Gasteiger charge is -2.30. The highest BCUT2D eigenvalue weighted by Crippen LogP contribution is 2.44. The number of phosphoric acid groups is 1. The molecule has 0 spiro atoms. The highest BCUT2D eigenvalue weighted by atomic mass is 31.2. The van der Waals surface area contributed by atoms with Gasteiger partial charge in [-0.1, -0.05) is 103 Å². The number of fused-ring (bicyclic) bond motifs is 1. The van der Waals surface area contributed by atoms with Crippen LogP contribution in [0.1, 0.15) is 126 Å². The minimum atomic E-state index is -4.84. The van der Waals surface area contributed by atoms with E-state index in [0.29, 0.717) is 23.4 Å². The number of halogens is 1. The molecule has 0 saturated carbocycles. The number of hydrogen-bond acceptors (Lipinski definition) is 12. The van der Waals surface area contributed by atoms with Crippen LogP contribution in [0.15, 0.2) is 36.7 Å². The standard InChI is InChI=1S/C41H62FN6O8P/c1-3-4-5-6-7-8-9-10-11-12-13-14-15-16-17-18-21-53-28-37(54-27-34-22-33(26-43)23-35(42)24-34)29-55-57(50,51)56-31-41(30-44,52-2)39(49)25-36-19-20-38-40(45)46-32-47-48(36)38/h19-20,22-24,32,37,39,49H,3-18,21,25,27-29,31H2,1-2H3,(H,50,51)(H2,45,46,47)/t37-,39-,41?/m0/s1. The van der Waals surface area contributed by atoms with Crippen LogP contribution in [0.2, 0.25) is 0 Å². The summed E-state index contributed by atoms with van der Waals surface area (Å²) in [6, 6.07) is 10.9. The van der Waals surface area contributed by atoms with Crippen molar-refractivity contribution in [3.05, 3.63) is 59.3 Å². The fourth-order valence-corrected chi connectivity index (χ4v) is 7.27. The molecule has 0 saturated heterocycles. The van der Waals surface area contributed by atoms with Crippen LogP contribution < -0.4 is 5.73 Å². The molecule has 2 heterocycles. The van der Waals surface area contributed by atoms with Crippen molar-refractivity contribution in [3.63, 3.8) is 0 Å². The van der Waals surface area contributed by atoms with Gasteiger partial charge in [-0.2, -0.15) is 15.6 Å². The van der Waals surface area contributed by atoms with Gasteiger partial charge in [-0.15, -0.1) is 0 Å². The van der Waals surface area contributed by atoms with Gasteiger partial charge in [0.25, 0.3) is 0 Å². The Labute approximate surface area is 337 Å². The third-order valence-electron chi connectivity index (χ3n) is 9.94. The first-order valence-electron chi connectivity index (χ1n) is 20.3. The van der Waals surface area contributed by atoms with E-state index in [1.807, 2.05) is 12.1 Å². The van der Waals surface area contributed by atoms with Crippen molar-refractivity contribution in [2.24, 2.45) is 0 Å². The molecule has 316 valence electrons. The van der Waals surface area contributed by atoms with Gasteiger partial charge in [0.2, 0.25) is 5.60 Å². The summed E-state index contributed by atoms with van der Waals surface area (Å²) >= 11 is 0. The molecule has 2 unspecified atom stereocenters. The number of nitrogen functional groups attached to an aromatic ring is 1. The molecule has 57 heavy (non-hydrogen) atoms. The van der Waals surface area contributed by atoms with Gasteiger partial charge < -0.3 is 29.9 Å². The number of unbranched alkanes of at least 4 members (excludes halogenated alkanes) is 15. The first kappa shape index (κ1) is 47.9. The average Bonchev–Trinajstić information content (AvgIpc) is 3.62.